The zero-order valence-corrected chi connectivity index (χ0v) is 18.2. The minimum atomic E-state index is -0.503. The highest BCUT2D eigenvalue weighted by molar-refractivity contribution is 5.92. The Labute approximate surface area is 183 Å². The lowest BCUT2D eigenvalue weighted by Crippen LogP contribution is -2.45. The predicted molar refractivity (Wildman–Crippen MR) is 119 cm³/mol. The lowest BCUT2D eigenvalue weighted by Gasteiger charge is -2.34. The van der Waals surface area contributed by atoms with Gasteiger partial charge in [0.05, 0.1) is 13.5 Å². The fourth-order valence-corrected chi connectivity index (χ4v) is 4.51. The highest BCUT2D eigenvalue weighted by Gasteiger charge is 2.33. The van der Waals surface area contributed by atoms with E-state index >= 15 is 0 Å². The molecule has 0 radical (unpaired) electrons. The molecule has 2 aromatic rings. The van der Waals surface area contributed by atoms with Crippen molar-refractivity contribution in [3.63, 3.8) is 0 Å². The summed E-state index contributed by atoms with van der Waals surface area (Å²) in [6, 6.07) is 13.4. The Balaban J connectivity index is 1.49. The van der Waals surface area contributed by atoms with E-state index in [1.165, 1.54) is 6.42 Å². The molecular formula is C25H30N2O4. The number of carbonyl (C=O) groups excluding carboxylic acids is 2. The minimum Gasteiger partial charge on any atom is -0.497 e. The number of benzene rings is 2. The Hall–Kier alpha value is -3.02. The van der Waals surface area contributed by atoms with Gasteiger partial charge in [-0.3, -0.25) is 9.59 Å². The molecule has 31 heavy (non-hydrogen) atoms. The third kappa shape index (κ3) is 5.01. The van der Waals surface area contributed by atoms with Gasteiger partial charge >= 0.3 is 0 Å². The van der Waals surface area contributed by atoms with E-state index in [0.717, 1.165) is 42.6 Å². The van der Waals surface area contributed by atoms with Crippen LogP contribution in [0.3, 0.4) is 0 Å². The molecule has 1 saturated carbocycles. The number of carbonyl (C=O) groups is 2. The van der Waals surface area contributed by atoms with Crippen LogP contribution in [-0.2, 0) is 22.6 Å². The van der Waals surface area contributed by atoms with Crippen molar-refractivity contribution < 1.29 is 19.1 Å². The molecule has 6 heteroatoms. The van der Waals surface area contributed by atoms with Crippen molar-refractivity contribution in [2.24, 2.45) is 0 Å². The van der Waals surface area contributed by atoms with Crippen LogP contribution in [0.25, 0.3) is 0 Å². The zero-order valence-electron chi connectivity index (χ0n) is 18.2. The van der Waals surface area contributed by atoms with Gasteiger partial charge in [-0.1, -0.05) is 31.4 Å². The minimum absolute atomic E-state index is 0.0479. The molecule has 2 aliphatic rings. The summed E-state index contributed by atoms with van der Waals surface area (Å²) in [4.78, 5) is 27.5. The van der Waals surface area contributed by atoms with E-state index in [4.69, 9.17) is 9.47 Å². The van der Waals surface area contributed by atoms with Gasteiger partial charge < -0.3 is 19.7 Å². The lowest BCUT2D eigenvalue weighted by molar-refractivity contribution is -0.140. The summed E-state index contributed by atoms with van der Waals surface area (Å²) in [5.41, 5.74) is 2.53. The van der Waals surface area contributed by atoms with Gasteiger partial charge in [-0.15, -0.1) is 0 Å². The number of ether oxygens (including phenoxy) is 2. The Morgan fingerprint density at radius 1 is 1.16 bits per heavy atom. The molecule has 0 spiro atoms. The molecule has 0 bridgehead atoms. The maximum absolute atomic E-state index is 13.0. The normalized spacial score (nSPS) is 19.2. The number of methoxy groups -OCH3 is 1. The van der Waals surface area contributed by atoms with Crippen LogP contribution in [0.1, 0.15) is 50.2 Å². The fraction of sp³-hybridized carbons (Fsp3) is 0.440. The molecule has 0 unspecified atom stereocenters. The van der Waals surface area contributed by atoms with Crippen LogP contribution in [0.15, 0.2) is 42.5 Å². The summed E-state index contributed by atoms with van der Waals surface area (Å²) in [6.07, 6.45) is 5.42. The quantitative estimate of drug-likeness (QED) is 0.779. The van der Waals surface area contributed by atoms with Gasteiger partial charge in [0.2, 0.25) is 5.91 Å². The number of amides is 2. The number of fused-ring (bicyclic) bond motifs is 1. The first-order valence-corrected chi connectivity index (χ1v) is 11.1. The van der Waals surface area contributed by atoms with Crippen molar-refractivity contribution in [2.45, 2.75) is 64.1 Å². The van der Waals surface area contributed by atoms with E-state index in [0.29, 0.717) is 18.0 Å². The third-order valence-corrected chi connectivity index (χ3v) is 6.13. The van der Waals surface area contributed by atoms with Crippen LogP contribution in [0.2, 0.25) is 0 Å². The molecule has 0 saturated heterocycles. The predicted octanol–water partition coefficient (Wildman–Crippen LogP) is 4.32. The van der Waals surface area contributed by atoms with Crippen LogP contribution >= 0.6 is 0 Å². The van der Waals surface area contributed by atoms with Gasteiger partial charge in [0.1, 0.15) is 11.5 Å². The van der Waals surface area contributed by atoms with Crippen LogP contribution in [-0.4, -0.2) is 36.0 Å². The molecule has 1 aliphatic carbocycles. The number of hydrogen-bond acceptors (Lipinski definition) is 4. The summed E-state index contributed by atoms with van der Waals surface area (Å²) in [6.45, 7) is 2.33. The second-order valence-electron chi connectivity index (χ2n) is 8.42. The maximum atomic E-state index is 13.0. The first-order valence-electron chi connectivity index (χ1n) is 11.1. The number of nitrogens with one attached hydrogen (secondary N) is 1. The second-order valence-corrected chi connectivity index (χ2v) is 8.42. The van der Waals surface area contributed by atoms with Crippen molar-refractivity contribution in [1.82, 2.24) is 4.90 Å². The first-order chi connectivity index (χ1) is 15.0. The molecule has 2 amide bonds. The molecule has 1 N–H and O–H groups in total. The molecule has 1 heterocycles. The molecule has 2 aromatic carbocycles. The standard InChI is InChI=1S/C25H30N2O4/c1-17-25(29)27(21-8-4-3-5-9-21)16-19-15-20(11-12-23(19)31-17)26-24(28)14-18-7-6-10-22(13-18)30-2/h6-7,10-13,15,17,21H,3-5,8-9,14,16H2,1-2H3,(H,26,28)/t17-/m1/s1. The van der Waals surface area contributed by atoms with Crippen LogP contribution in [0.4, 0.5) is 5.69 Å². The van der Waals surface area contributed by atoms with Gasteiger partial charge in [-0.2, -0.15) is 0 Å². The Bertz CT molecular complexity index is 952. The topological polar surface area (TPSA) is 67.9 Å². The SMILES string of the molecule is COc1cccc(CC(=O)Nc2ccc3c(c2)CN(C2CCCCC2)C(=O)[C@@H](C)O3)c1. The van der Waals surface area contributed by atoms with Gasteiger partial charge in [-0.05, 0) is 55.7 Å². The van der Waals surface area contributed by atoms with Gasteiger partial charge in [0.15, 0.2) is 6.10 Å². The van der Waals surface area contributed by atoms with E-state index < -0.39 is 6.10 Å². The van der Waals surface area contributed by atoms with Crippen molar-refractivity contribution in [3.05, 3.63) is 53.6 Å². The van der Waals surface area contributed by atoms with Crippen molar-refractivity contribution in [1.29, 1.82) is 0 Å². The average molecular weight is 423 g/mol. The van der Waals surface area contributed by atoms with E-state index in [1.807, 2.05) is 54.3 Å². The second kappa shape index (κ2) is 9.41. The summed E-state index contributed by atoms with van der Waals surface area (Å²) < 4.78 is 11.2. The first kappa shape index (κ1) is 21.2. The van der Waals surface area contributed by atoms with E-state index in [2.05, 4.69) is 5.32 Å². The smallest absolute Gasteiger partial charge is 0.263 e. The molecule has 0 aromatic heterocycles. The van der Waals surface area contributed by atoms with Crippen molar-refractivity contribution in [3.8, 4) is 11.5 Å². The monoisotopic (exact) mass is 422 g/mol. The molecule has 164 valence electrons. The van der Waals surface area contributed by atoms with E-state index in [1.54, 1.807) is 7.11 Å². The van der Waals surface area contributed by atoms with Crippen molar-refractivity contribution >= 4 is 17.5 Å². The maximum Gasteiger partial charge on any atom is 0.263 e. The largest absolute Gasteiger partial charge is 0.497 e. The summed E-state index contributed by atoms with van der Waals surface area (Å²) >= 11 is 0. The summed E-state index contributed by atoms with van der Waals surface area (Å²) in [5, 5.41) is 2.98. The molecule has 1 atom stereocenters. The molecule has 6 nitrogen and oxygen atoms in total. The van der Waals surface area contributed by atoms with E-state index in [-0.39, 0.29) is 24.3 Å². The van der Waals surface area contributed by atoms with Crippen LogP contribution < -0.4 is 14.8 Å². The summed E-state index contributed by atoms with van der Waals surface area (Å²) in [7, 11) is 1.61. The summed E-state index contributed by atoms with van der Waals surface area (Å²) in [5.74, 6) is 1.39. The molecule has 4 rings (SSSR count). The fourth-order valence-electron chi connectivity index (χ4n) is 4.51. The van der Waals surface area contributed by atoms with Gasteiger partial charge in [0, 0.05) is 23.8 Å². The molecular weight excluding hydrogens is 392 g/mol. The number of nitrogens with zero attached hydrogens (tertiary/aromatic N) is 1. The average Bonchev–Trinajstić information content (AvgIpc) is 2.90. The Morgan fingerprint density at radius 3 is 2.74 bits per heavy atom. The van der Waals surface area contributed by atoms with Crippen molar-refractivity contribution in [2.75, 3.05) is 12.4 Å². The zero-order chi connectivity index (χ0) is 21.8. The van der Waals surface area contributed by atoms with E-state index in [9.17, 15) is 9.59 Å². The number of rotatable bonds is 5. The Morgan fingerprint density at radius 2 is 1.97 bits per heavy atom. The molecule has 1 fully saturated rings. The third-order valence-electron chi connectivity index (χ3n) is 6.13. The number of hydrogen-bond donors (Lipinski definition) is 1. The van der Waals surface area contributed by atoms with Crippen LogP contribution in [0.5, 0.6) is 11.5 Å². The van der Waals surface area contributed by atoms with Gasteiger partial charge in [-0.25, -0.2) is 0 Å². The lowest BCUT2D eigenvalue weighted by atomic mass is 9.93. The highest BCUT2D eigenvalue weighted by atomic mass is 16.5. The number of anilines is 1. The van der Waals surface area contributed by atoms with Crippen LogP contribution in [0, 0.1) is 0 Å². The Kier molecular flexibility index (Phi) is 6.44. The molecule has 1 aliphatic heterocycles. The highest BCUT2D eigenvalue weighted by Crippen LogP contribution is 2.32. The van der Waals surface area contributed by atoms with Gasteiger partial charge in [0.25, 0.3) is 5.91 Å².